The van der Waals surface area contributed by atoms with Gasteiger partial charge in [-0.25, -0.2) is 0 Å². The van der Waals surface area contributed by atoms with Crippen molar-refractivity contribution in [1.82, 2.24) is 20.2 Å². The van der Waals surface area contributed by atoms with Gasteiger partial charge in [-0.2, -0.15) is 0 Å². The van der Waals surface area contributed by atoms with Crippen molar-refractivity contribution in [3.63, 3.8) is 0 Å². The van der Waals surface area contributed by atoms with Crippen LogP contribution in [0.25, 0.3) is 11.0 Å². The van der Waals surface area contributed by atoms with E-state index in [9.17, 15) is 9.59 Å². The smallest absolute Gasteiger partial charge is 0.317 e. The van der Waals surface area contributed by atoms with Gasteiger partial charge < -0.3 is 10.4 Å². The second-order valence-corrected chi connectivity index (χ2v) is 5.98. The number of benzene rings is 1. The molecule has 1 saturated carbocycles. The average molecular weight is 328 g/mol. The molecule has 1 heterocycles. The summed E-state index contributed by atoms with van der Waals surface area (Å²) in [5.41, 5.74) is 1.80. The summed E-state index contributed by atoms with van der Waals surface area (Å²) in [6.07, 6.45) is 4.71. The lowest BCUT2D eigenvalue weighted by molar-refractivity contribution is -0.139. The molecule has 0 aliphatic heterocycles. The lowest BCUT2D eigenvalue weighted by Gasteiger charge is -2.42. The van der Waals surface area contributed by atoms with Gasteiger partial charge in [-0.1, -0.05) is 13.0 Å². The van der Waals surface area contributed by atoms with E-state index < -0.39 is 5.97 Å². The number of fused-ring (bicyclic) bond motifs is 1. The molecular weight excluding hydrogens is 308 g/mol. The molecular formula is C17H20N4O3. The standard InChI is InChI=1S/C17H20N4O3/c1-2-21(10-15(22)23)12-8-11(9-12)20-17(24)13-4-3-5-14-16(13)19-7-6-18-14/h3-7,11-12H,2,8-10H2,1H3,(H,20,24)(H,22,23). The van der Waals surface area contributed by atoms with Crippen LogP contribution in [-0.4, -0.2) is 57.0 Å². The highest BCUT2D eigenvalue weighted by molar-refractivity contribution is 6.04. The lowest BCUT2D eigenvalue weighted by atomic mass is 9.85. The first-order valence-corrected chi connectivity index (χ1v) is 8.05. The molecule has 1 aromatic heterocycles. The first-order valence-electron chi connectivity index (χ1n) is 8.05. The van der Waals surface area contributed by atoms with Crippen LogP contribution in [-0.2, 0) is 4.79 Å². The van der Waals surface area contributed by atoms with Crippen molar-refractivity contribution in [2.75, 3.05) is 13.1 Å². The molecule has 1 fully saturated rings. The molecule has 3 rings (SSSR count). The Morgan fingerprint density at radius 3 is 2.75 bits per heavy atom. The Bertz CT molecular complexity index is 753. The third-order valence-electron chi connectivity index (χ3n) is 4.45. The Kier molecular flexibility index (Phi) is 4.71. The first kappa shape index (κ1) is 16.3. The quantitative estimate of drug-likeness (QED) is 0.830. The largest absolute Gasteiger partial charge is 0.480 e. The Morgan fingerprint density at radius 2 is 2.04 bits per heavy atom. The normalized spacial score (nSPS) is 19.9. The van der Waals surface area contributed by atoms with Crippen LogP contribution in [0.1, 0.15) is 30.1 Å². The van der Waals surface area contributed by atoms with Crippen LogP contribution >= 0.6 is 0 Å². The Labute approximate surface area is 139 Å². The van der Waals surface area contributed by atoms with Crippen molar-refractivity contribution >= 4 is 22.9 Å². The van der Waals surface area contributed by atoms with Gasteiger partial charge in [0.2, 0.25) is 0 Å². The maximum atomic E-state index is 12.5. The molecule has 0 bridgehead atoms. The molecule has 0 saturated heterocycles. The highest BCUT2D eigenvalue weighted by Crippen LogP contribution is 2.26. The molecule has 0 radical (unpaired) electrons. The fraction of sp³-hybridized carbons (Fsp3) is 0.412. The summed E-state index contributed by atoms with van der Waals surface area (Å²) in [4.78, 5) is 33.7. The Hall–Kier alpha value is -2.54. The van der Waals surface area contributed by atoms with E-state index in [1.54, 1.807) is 24.5 Å². The number of amides is 1. The highest BCUT2D eigenvalue weighted by Gasteiger charge is 2.34. The minimum absolute atomic E-state index is 0.0424. The molecule has 1 aliphatic carbocycles. The fourth-order valence-corrected chi connectivity index (χ4v) is 3.12. The first-order chi connectivity index (χ1) is 11.6. The van der Waals surface area contributed by atoms with Gasteiger partial charge in [-0.3, -0.25) is 24.5 Å². The summed E-state index contributed by atoms with van der Waals surface area (Å²) < 4.78 is 0. The van der Waals surface area contributed by atoms with Crippen molar-refractivity contribution in [2.24, 2.45) is 0 Å². The molecule has 1 aromatic carbocycles. The van der Waals surface area contributed by atoms with Gasteiger partial charge >= 0.3 is 5.97 Å². The number of carboxylic acids is 1. The van der Waals surface area contributed by atoms with Crippen molar-refractivity contribution < 1.29 is 14.7 Å². The van der Waals surface area contributed by atoms with E-state index in [1.165, 1.54) is 0 Å². The van der Waals surface area contributed by atoms with E-state index in [2.05, 4.69) is 15.3 Å². The monoisotopic (exact) mass is 328 g/mol. The zero-order chi connectivity index (χ0) is 17.1. The average Bonchev–Trinajstić information content (AvgIpc) is 2.55. The number of hydrogen-bond acceptors (Lipinski definition) is 5. The minimum atomic E-state index is -0.821. The van der Waals surface area contributed by atoms with Gasteiger partial charge in [-0.05, 0) is 31.5 Å². The van der Waals surface area contributed by atoms with Gasteiger partial charge in [0.15, 0.2) is 0 Å². The van der Waals surface area contributed by atoms with E-state index in [0.717, 1.165) is 12.8 Å². The van der Waals surface area contributed by atoms with Gasteiger partial charge in [0, 0.05) is 24.5 Å². The van der Waals surface area contributed by atoms with Crippen LogP contribution in [0.15, 0.2) is 30.6 Å². The second kappa shape index (κ2) is 6.92. The number of nitrogens with one attached hydrogen (secondary N) is 1. The summed E-state index contributed by atoms with van der Waals surface area (Å²) in [7, 11) is 0. The molecule has 2 aromatic rings. The number of aliphatic carboxylic acids is 1. The van der Waals surface area contributed by atoms with Crippen LogP contribution in [0.4, 0.5) is 0 Å². The van der Waals surface area contributed by atoms with E-state index >= 15 is 0 Å². The SMILES string of the molecule is CCN(CC(=O)O)C1CC(NC(=O)c2cccc3nccnc23)C1. The number of hydrogen-bond donors (Lipinski definition) is 2. The Morgan fingerprint density at radius 1 is 1.29 bits per heavy atom. The number of rotatable bonds is 6. The van der Waals surface area contributed by atoms with E-state index in [-0.39, 0.29) is 24.5 Å². The maximum absolute atomic E-state index is 12.5. The predicted molar refractivity (Wildman–Crippen MR) is 88.7 cm³/mol. The number of para-hydroxylation sites is 1. The van der Waals surface area contributed by atoms with Gasteiger partial charge in [-0.15, -0.1) is 0 Å². The Balaban J connectivity index is 1.62. The zero-order valence-electron chi connectivity index (χ0n) is 13.5. The predicted octanol–water partition coefficient (Wildman–Crippen LogP) is 1.30. The summed E-state index contributed by atoms with van der Waals surface area (Å²) in [5, 5.41) is 11.9. The van der Waals surface area contributed by atoms with Crippen LogP contribution < -0.4 is 5.32 Å². The number of nitrogens with zero attached hydrogens (tertiary/aromatic N) is 3. The van der Waals surface area contributed by atoms with Crippen LogP contribution in [0, 0.1) is 0 Å². The molecule has 24 heavy (non-hydrogen) atoms. The molecule has 0 unspecified atom stereocenters. The van der Waals surface area contributed by atoms with E-state index in [4.69, 9.17) is 5.11 Å². The molecule has 1 amide bonds. The third-order valence-corrected chi connectivity index (χ3v) is 4.45. The summed E-state index contributed by atoms with van der Waals surface area (Å²) in [6, 6.07) is 5.64. The minimum Gasteiger partial charge on any atom is -0.480 e. The van der Waals surface area contributed by atoms with Gasteiger partial charge in [0.25, 0.3) is 5.91 Å². The molecule has 7 heteroatoms. The van der Waals surface area contributed by atoms with Crippen LogP contribution in [0.2, 0.25) is 0 Å². The molecule has 126 valence electrons. The third kappa shape index (κ3) is 3.35. The molecule has 7 nitrogen and oxygen atoms in total. The highest BCUT2D eigenvalue weighted by atomic mass is 16.4. The topological polar surface area (TPSA) is 95.4 Å². The van der Waals surface area contributed by atoms with Crippen molar-refractivity contribution in [2.45, 2.75) is 31.8 Å². The number of aromatic nitrogens is 2. The number of likely N-dealkylation sites (N-methyl/N-ethyl adjacent to an activating group) is 1. The van der Waals surface area contributed by atoms with Crippen LogP contribution in [0.3, 0.4) is 0 Å². The molecule has 0 spiro atoms. The van der Waals surface area contributed by atoms with Gasteiger partial charge in [0.05, 0.1) is 17.6 Å². The van der Waals surface area contributed by atoms with Crippen LogP contribution in [0.5, 0.6) is 0 Å². The molecule has 1 aliphatic rings. The molecule has 2 N–H and O–H groups in total. The number of carbonyl (C=O) groups excluding carboxylic acids is 1. The summed E-state index contributed by atoms with van der Waals surface area (Å²) in [5.74, 6) is -0.982. The lowest BCUT2D eigenvalue weighted by Crippen LogP contribution is -2.54. The van der Waals surface area contributed by atoms with Crippen molar-refractivity contribution in [3.8, 4) is 0 Å². The summed E-state index contributed by atoms with van der Waals surface area (Å²) >= 11 is 0. The summed E-state index contributed by atoms with van der Waals surface area (Å²) in [6.45, 7) is 2.68. The van der Waals surface area contributed by atoms with E-state index in [1.807, 2.05) is 17.9 Å². The van der Waals surface area contributed by atoms with Crippen molar-refractivity contribution in [1.29, 1.82) is 0 Å². The fourth-order valence-electron chi connectivity index (χ4n) is 3.12. The second-order valence-electron chi connectivity index (χ2n) is 5.98. The maximum Gasteiger partial charge on any atom is 0.317 e. The molecule has 0 atom stereocenters. The van der Waals surface area contributed by atoms with E-state index in [0.29, 0.717) is 23.1 Å². The van der Waals surface area contributed by atoms with Crippen molar-refractivity contribution in [3.05, 3.63) is 36.2 Å². The number of carboxylic acid groups (broad SMARTS) is 1. The van der Waals surface area contributed by atoms with Gasteiger partial charge in [0.1, 0.15) is 5.52 Å². The number of carbonyl (C=O) groups is 2. The zero-order valence-corrected chi connectivity index (χ0v) is 13.5.